The van der Waals surface area contributed by atoms with Crippen molar-refractivity contribution in [2.24, 2.45) is 0 Å². The predicted octanol–water partition coefficient (Wildman–Crippen LogP) is 3.61. The molecule has 0 unspecified atom stereocenters. The van der Waals surface area contributed by atoms with Gasteiger partial charge >= 0.3 is 0 Å². The number of hydrogen-bond acceptors (Lipinski definition) is 4. The zero-order valence-corrected chi connectivity index (χ0v) is 15.6. The van der Waals surface area contributed by atoms with Crippen LogP contribution in [0.4, 0.5) is 10.1 Å². The maximum atomic E-state index is 12.9. The van der Waals surface area contributed by atoms with Crippen molar-refractivity contribution in [3.63, 3.8) is 0 Å². The van der Waals surface area contributed by atoms with E-state index in [-0.39, 0.29) is 29.4 Å². The van der Waals surface area contributed by atoms with Gasteiger partial charge in [0.1, 0.15) is 11.5 Å². The van der Waals surface area contributed by atoms with E-state index in [9.17, 15) is 18.8 Å². The van der Waals surface area contributed by atoms with Crippen LogP contribution in [0.2, 0.25) is 0 Å². The molecule has 2 amide bonds. The Hall–Kier alpha value is -3.87. The summed E-state index contributed by atoms with van der Waals surface area (Å²) in [5.41, 5.74) is 2.02. The van der Waals surface area contributed by atoms with Crippen LogP contribution in [0.15, 0.2) is 66.9 Å². The molecular weight excluding hydrogens is 373 g/mol. The number of benzene rings is 2. The molecule has 3 rings (SSSR count). The molecule has 0 fully saturated rings. The standard InChI is InChI=1S/C22H18FN3O3/c1-14(27)16-3-2-4-19(11-16)26-21(28)17-9-10-24-20(12-17)22(29)25-13-15-5-7-18(23)8-6-15/h2-12H,13H2,1H3,(H,25,29)(H,26,28). The molecule has 1 aromatic heterocycles. The highest BCUT2D eigenvalue weighted by molar-refractivity contribution is 6.06. The van der Waals surface area contributed by atoms with Crippen molar-refractivity contribution >= 4 is 23.3 Å². The quantitative estimate of drug-likeness (QED) is 0.629. The van der Waals surface area contributed by atoms with Gasteiger partial charge in [-0.05, 0) is 48.9 Å². The van der Waals surface area contributed by atoms with Crippen LogP contribution in [0.5, 0.6) is 0 Å². The van der Waals surface area contributed by atoms with Crippen molar-refractivity contribution in [1.82, 2.24) is 10.3 Å². The summed E-state index contributed by atoms with van der Waals surface area (Å²) in [6.45, 7) is 1.65. The lowest BCUT2D eigenvalue weighted by Crippen LogP contribution is -2.24. The normalized spacial score (nSPS) is 10.3. The fraction of sp³-hybridized carbons (Fsp3) is 0.0909. The van der Waals surface area contributed by atoms with Crippen LogP contribution in [-0.4, -0.2) is 22.6 Å². The SMILES string of the molecule is CC(=O)c1cccc(NC(=O)c2ccnc(C(=O)NCc3ccc(F)cc3)c2)c1. The smallest absolute Gasteiger partial charge is 0.270 e. The Bertz CT molecular complexity index is 1060. The number of hydrogen-bond donors (Lipinski definition) is 2. The molecule has 0 aliphatic rings. The number of pyridine rings is 1. The van der Waals surface area contributed by atoms with Crippen LogP contribution in [0.1, 0.15) is 43.7 Å². The highest BCUT2D eigenvalue weighted by Crippen LogP contribution is 2.13. The first-order valence-electron chi connectivity index (χ1n) is 8.83. The molecule has 0 saturated heterocycles. The fourth-order valence-electron chi connectivity index (χ4n) is 2.59. The summed E-state index contributed by atoms with van der Waals surface area (Å²) in [6.07, 6.45) is 1.37. The molecule has 0 bridgehead atoms. The highest BCUT2D eigenvalue weighted by Gasteiger charge is 2.12. The fourth-order valence-corrected chi connectivity index (χ4v) is 2.59. The molecule has 2 aromatic carbocycles. The minimum Gasteiger partial charge on any atom is -0.347 e. The molecule has 2 N–H and O–H groups in total. The van der Waals surface area contributed by atoms with Crippen molar-refractivity contribution < 1.29 is 18.8 Å². The molecule has 7 heteroatoms. The maximum absolute atomic E-state index is 12.9. The van der Waals surface area contributed by atoms with Crippen LogP contribution >= 0.6 is 0 Å². The van der Waals surface area contributed by atoms with E-state index >= 15 is 0 Å². The maximum Gasteiger partial charge on any atom is 0.270 e. The topological polar surface area (TPSA) is 88.2 Å². The van der Waals surface area contributed by atoms with Crippen LogP contribution in [0, 0.1) is 5.82 Å². The van der Waals surface area contributed by atoms with E-state index in [1.807, 2.05) is 0 Å². The summed E-state index contributed by atoms with van der Waals surface area (Å²) < 4.78 is 12.9. The molecule has 0 aliphatic carbocycles. The molecule has 0 spiro atoms. The van der Waals surface area contributed by atoms with Gasteiger partial charge in [0.15, 0.2) is 5.78 Å². The number of Topliss-reactive ketones (excluding diaryl/α,β-unsaturated/α-hetero) is 1. The molecular formula is C22H18FN3O3. The van der Waals surface area contributed by atoms with Gasteiger partial charge in [-0.3, -0.25) is 19.4 Å². The van der Waals surface area contributed by atoms with Crippen molar-refractivity contribution in [1.29, 1.82) is 0 Å². The highest BCUT2D eigenvalue weighted by atomic mass is 19.1. The number of ketones is 1. The Balaban J connectivity index is 1.67. The lowest BCUT2D eigenvalue weighted by atomic mass is 10.1. The minimum atomic E-state index is -0.456. The van der Waals surface area contributed by atoms with E-state index in [1.54, 1.807) is 36.4 Å². The Morgan fingerprint density at radius 2 is 1.69 bits per heavy atom. The van der Waals surface area contributed by atoms with Crippen LogP contribution < -0.4 is 10.6 Å². The van der Waals surface area contributed by atoms with E-state index in [4.69, 9.17) is 0 Å². The Morgan fingerprint density at radius 1 is 0.931 bits per heavy atom. The van der Waals surface area contributed by atoms with Crippen molar-refractivity contribution in [3.05, 3.63) is 95.1 Å². The van der Waals surface area contributed by atoms with Crippen LogP contribution in [-0.2, 0) is 6.54 Å². The summed E-state index contributed by atoms with van der Waals surface area (Å²) in [6, 6.07) is 15.2. The van der Waals surface area contributed by atoms with Gasteiger partial charge in [0.05, 0.1) is 0 Å². The number of nitrogens with one attached hydrogen (secondary N) is 2. The van der Waals surface area contributed by atoms with Crippen LogP contribution in [0.25, 0.3) is 0 Å². The predicted molar refractivity (Wildman–Crippen MR) is 106 cm³/mol. The Morgan fingerprint density at radius 3 is 2.41 bits per heavy atom. The summed E-state index contributed by atoms with van der Waals surface area (Å²) in [7, 11) is 0. The van der Waals surface area contributed by atoms with E-state index in [0.29, 0.717) is 11.3 Å². The second-order valence-electron chi connectivity index (χ2n) is 6.33. The first-order valence-corrected chi connectivity index (χ1v) is 8.83. The minimum absolute atomic E-state index is 0.0808. The van der Waals surface area contributed by atoms with Gasteiger partial charge in [-0.1, -0.05) is 24.3 Å². The monoisotopic (exact) mass is 391 g/mol. The van der Waals surface area contributed by atoms with Gasteiger partial charge in [-0.25, -0.2) is 4.39 Å². The zero-order valence-electron chi connectivity index (χ0n) is 15.6. The van der Waals surface area contributed by atoms with E-state index in [2.05, 4.69) is 15.6 Å². The average molecular weight is 391 g/mol. The first kappa shape index (κ1) is 19.9. The average Bonchev–Trinajstić information content (AvgIpc) is 2.73. The Kier molecular flexibility index (Phi) is 6.09. The van der Waals surface area contributed by atoms with Crippen molar-refractivity contribution in [2.75, 3.05) is 5.32 Å². The van der Waals surface area contributed by atoms with Gasteiger partial charge in [0.25, 0.3) is 11.8 Å². The van der Waals surface area contributed by atoms with Gasteiger partial charge in [-0.15, -0.1) is 0 Å². The number of nitrogens with zero attached hydrogens (tertiary/aromatic N) is 1. The summed E-state index contributed by atoms with van der Waals surface area (Å²) >= 11 is 0. The zero-order chi connectivity index (χ0) is 20.8. The number of halogens is 1. The third kappa shape index (κ3) is 5.32. The first-order chi connectivity index (χ1) is 13.9. The molecule has 3 aromatic rings. The molecule has 146 valence electrons. The van der Waals surface area contributed by atoms with Gasteiger partial charge in [-0.2, -0.15) is 0 Å². The largest absolute Gasteiger partial charge is 0.347 e. The summed E-state index contributed by atoms with van der Waals surface area (Å²) in [5.74, 6) is -1.34. The summed E-state index contributed by atoms with van der Waals surface area (Å²) in [5, 5.41) is 5.37. The number of amides is 2. The molecule has 1 heterocycles. The molecule has 0 atom stereocenters. The second-order valence-corrected chi connectivity index (χ2v) is 6.33. The van der Waals surface area contributed by atoms with E-state index < -0.39 is 11.8 Å². The van der Waals surface area contributed by atoms with E-state index in [1.165, 1.54) is 37.4 Å². The van der Waals surface area contributed by atoms with Crippen molar-refractivity contribution in [3.8, 4) is 0 Å². The van der Waals surface area contributed by atoms with E-state index in [0.717, 1.165) is 5.56 Å². The van der Waals surface area contributed by atoms with Gasteiger partial charge in [0.2, 0.25) is 0 Å². The molecule has 0 radical (unpaired) electrons. The molecule has 0 saturated carbocycles. The van der Waals surface area contributed by atoms with Crippen molar-refractivity contribution in [2.45, 2.75) is 13.5 Å². The number of carbonyl (C=O) groups excluding carboxylic acids is 3. The van der Waals surface area contributed by atoms with Gasteiger partial charge in [0, 0.05) is 29.6 Å². The second kappa shape index (κ2) is 8.88. The van der Waals surface area contributed by atoms with Gasteiger partial charge < -0.3 is 10.6 Å². The summed E-state index contributed by atoms with van der Waals surface area (Å²) in [4.78, 5) is 40.3. The number of anilines is 1. The number of rotatable bonds is 6. The molecule has 29 heavy (non-hydrogen) atoms. The molecule has 6 nitrogen and oxygen atoms in total. The number of carbonyl (C=O) groups is 3. The van der Waals surface area contributed by atoms with Crippen LogP contribution in [0.3, 0.4) is 0 Å². The Labute approximate surface area is 166 Å². The molecule has 0 aliphatic heterocycles. The third-order valence-electron chi connectivity index (χ3n) is 4.15. The number of aromatic nitrogens is 1. The third-order valence-corrected chi connectivity index (χ3v) is 4.15. The lowest BCUT2D eigenvalue weighted by molar-refractivity contribution is 0.0945. The lowest BCUT2D eigenvalue weighted by Gasteiger charge is -2.08.